The van der Waals surface area contributed by atoms with E-state index in [4.69, 9.17) is 5.73 Å². The summed E-state index contributed by atoms with van der Waals surface area (Å²) in [6, 6.07) is 6.18. The molecule has 1 heterocycles. The van der Waals surface area contributed by atoms with Crippen LogP contribution in [0.1, 0.15) is 10.4 Å². The number of aromatic nitrogens is 1. The Morgan fingerprint density at radius 2 is 1.84 bits per heavy atom. The molecule has 0 saturated heterocycles. The van der Waals surface area contributed by atoms with Gasteiger partial charge in [0.05, 0.1) is 5.56 Å². The van der Waals surface area contributed by atoms with Gasteiger partial charge in [-0.05, 0) is 6.07 Å². The van der Waals surface area contributed by atoms with Gasteiger partial charge in [-0.1, -0.05) is 18.2 Å². The van der Waals surface area contributed by atoms with Crippen molar-refractivity contribution in [3.63, 3.8) is 0 Å². The second kappa shape index (κ2) is 4.48. The topological polar surface area (TPSA) is 111 Å². The van der Waals surface area contributed by atoms with Crippen LogP contribution >= 0.6 is 0 Å². The predicted molar refractivity (Wildman–Crippen MR) is 70.1 cm³/mol. The third kappa shape index (κ3) is 2.11. The van der Waals surface area contributed by atoms with Crippen LogP contribution in [0.25, 0.3) is 10.8 Å². The molecule has 0 radical (unpaired) electrons. The maximum Gasteiger partial charge on any atom is 0.307 e. The highest BCUT2D eigenvalue weighted by atomic mass is 32.2. The maximum atomic E-state index is 12.1. The first-order valence-corrected chi connectivity index (χ1v) is 6.70. The van der Waals surface area contributed by atoms with Gasteiger partial charge < -0.3 is 5.73 Å². The highest BCUT2D eigenvalue weighted by Crippen LogP contribution is 2.15. The molecule has 0 aliphatic carbocycles. The van der Waals surface area contributed by atoms with E-state index in [0.717, 1.165) is 6.20 Å². The van der Waals surface area contributed by atoms with Gasteiger partial charge in [0.2, 0.25) is 0 Å². The molecule has 8 heteroatoms. The molecule has 2 aromatic rings. The molecule has 2 rings (SSSR count). The first-order valence-electron chi connectivity index (χ1n) is 5.26. The Balaban J connectivity index is 3.02. The molecule has 1 amide bonds. The van der Waals surface area contributed by atoms with Crippen molar-refractivity contribution in [3.05, 3.63) is 46.4 Å². The molecular weight excluding hydrogens is 270 g/mol. The molecule has 0 unspecified atom stereocenters. The molecule has 0 saturated carbocycles. The van der Waals surface area contributed by atoms with Crippen molar-refractivity contribution in [2.24, 2.45) is 5.73 Å². The van der Waals surface area contributed by atoms with Crippen LogP contribution in [0, 0.1) is 0 Å². The number of carbonyl (C=O) groups excluding carboxylic acids is 1. The Bertz CT molecular complexity index is 823. The number of carbonyl (C=O) groups is 1. The number of rotatable bonds is 3. The standard InChI is InChI=1S/C11H11N3O4S/c1-13-19(17,18)14-6-9(10(12)15)7-4-2-3-5-8(7)11(14)16/h2-6,13H,1H3,(H2,12,15). The van der Waals surface area contributed by atoms with E-state index >= 15 is 0 Å². The smallest absolute Gasteiger partial charge is 0.307 e. The van der Waals surface area contributed by atoms with Crippen molar-refractivity contribution in [1.82, 2.24) is 8.69 Å². The molecule has 0 bridgehead atoms. The van der Waals surface area contributed by atoms with Gasteiger partial charge in [0.15, 0.2) is 0 Å². The first-order chi connectivity index (χ1) is 8.88. The highest BCUT2D eigenvalue weighted by molar-refractivity contribution is 7.87. The number of fused-ring (bicyclic) bond motifs is 1. The SMILES string of the molecule is CNS(=O)(=O)n1cc(C(N)=O)c2ccccc2c1=O. The summed E-state index contributed by atoms with van der Waals surface area (Å²) in [4.78, 5) is 23.5. The van der Waals surface area contributed by atoms with E-state index < -0.39 is 21.7 Å². The third-order valence-electron chi connectivity index (χ3n) is 2.68. The number of primary amides is 1. The maximum absolute atomic E-state index is 12.1. The second-order valence-corrected chi connectivity index (χ2v) is 5.51. The molecule has 19 heavy (non-hydrogen) atoms. The predicted octanol–water partition coefficient (Wildman–Crippen LogP) is -0.587. The van der Waals surface area contributed by atoms with Gasteiger partial charge in [0.1, 0.15) is 0 Å². The fraction of sp³-hybridized carbons (Fsp3) is 0.0909. The average molecular weight is 281 g/mol. The fourth-order valence-corrected chi connectivity index (χ4v) is 2.50. The second-order valence-electron chi connectivity index (χ2n) is 3.76. The number of pyridine rings is 1. The Kier molecular flexibility index (Phi) is 3.13. The van der Waals surface area contributed by atoms with Gasteiger partial charge in [0.25, 0.3) is 11.5 Å². The zero-order chi connectivity index (χ0) is 14.2. The first kappa shape index (κ1) is 13.2. The Labute approximate surface area is 108 Å². The van der Waals surface area contributed by atoms with Crippen molar-refractivity contribution in [1.29, 1.82) is 0 Å². The summed E-state index contributed by atoms with van der Waals surface area (Å²) in [5, 5.41) is 0.431. The van der Waals surface area contributed by atoms with Crippen LogP contribution in [0.3, 0.4) is 0 Å². The zero-order valence-electron chi connectivity index (χ0n) is 9.95. The molecule has 7 nitrogen and oxygen atoms in total. The van der Waals surface area contributed by atoms with E-state index in [1.165, 1.54) is 19.2 Å². The summed E-state index contributed by atoms with van der Waals surface area (Å²) in [6.45, 7) is 0. The largest absolute Gasteiger partial charge is 0.366 e. The van der Waals surface area contributed by atoms with Crippen LogP contribution < -0.4 is 16.0 Å². The van der Waals surface area contributed by atoms with Crippen molar-refractivity contribution < 1.29 is 13.2 Å². The van der Waals surface area contributed by atoms with Crippen molar-refractivity contribution in [2.45, 2.75) is 0 Å². The van der Waals surface area contributed by atoms with Crippen LogP contribution in [-0.2, 0) is 10.2 Å². The van der Waals surface area contributed by atoms with Gasteiger partial charge in [-0.25, -0.2) is 4.72 Å². The van der Waals surface area contributed by atoms with Gasteiger partial charge in [-0.15, -0.1) is 0 Å². The normalized spacial score (nSPS) is 11.6. The number of nitrogens with two attached hydrogens (primary N) is 1. The van der Waals surface area contributed by atoms with E-state index in [1.54, 1.807) is 12.1 Å². The highest BCUT2D eigenvalue weighted by Gasteiger charge is 2.18. The molecule has 0 aliphatic rings. The van der Waals surface area contributed by atoms with Gasteiger partial charge in [-0.3, -0.25) is 9.59 Å². The summed E-state index contributed by atoms with van der Waals surface area (Å²) in [5.74, 6) is -0.809. The fourth-order valence-electron chi connectivity index (χ4n) is 1.74. The molecular formula is C11H11N3O4S. The van der Waals surface area contributed by atoms with Crippen LogP contribution in [0.2, 0.25) is 0 Å². The number of nitrogens with one attached hydrogen (secondary N) is 1. The zero-order valence-corrected chi connectivity index (χ0v) is 10.8. The molecule has 0 atom stereocenters. The van der Waals surface area contributed by atoms with Crippen LogP contribution in [0.4, 0.5) is 0 Å². The van der Waals surface area contributed by atoms with Crippen molar-refractivity contribution in [2.75, 3.05) is 7.05 Å². The van der Waals surface area contributed by atoms with Crippen LogP contribution in [0.15, 0.2) is 35.3 Å². The average Bonchev–Trinajstić information content (AvgIpc) is 2.38. The minimum absolute atomic E-state index is 0.0333. The van der Waals surface area contributed by atoms with E-state index in [9.17, 15) is 18.0 Å². The minimum Gasteiger partial charge on any atom is -0.366 e. The number of nitrogens with zero attached hydrogens (tertiary/aromatic N) is 1. The number of hydrogen-bond donors (Lipinski definition) is 2. The third-order valence-corrected chi connectivity index (χ3v) is 3.98. The number of benzene rings is 1. The molecule has 1 aromatic carbocycles. The van der Waals surface area contributed by atoms with Gasteiger partial charge in [0, 0.05) is 24.0 Å². The Hall–Kier alpha value is -2.19. The number of amides is 1. The summed E-state index contributed by atoms with van der Waals surface area (Å²) in [5.41, 5.74) is 4.44. The summed E-state index contributed by atoms with van der Waals surface area (Å²) in [7, 11) is -2.86. The van der Waals surface area contributed by atoms with E-state index in [2.05, 4.69) is 0 Å². The van der Waals surface area contributed by atoms with Crippen LogP contribution in [-0.4, -0.2) is 25.3 Å². The van der Waals surface area contributed by atoms with Crippen molar-refractivity contribution in [3.8, 4) is 0 Å². The molecule has 0 spiro atoms. The lowest BCUT2D eigenvalue weighted by molar-refractivity contribution is 0.100. The molecule has 0 aliphatic heterocycles. The lowest BCUT2D eigenvalue weighted by atomic mass is 10.1. The summed E-state index contributed by atoms with van der Waals surface area (Å²) < 4.78 is 26.0. The molecule has 1 aromatic heterocycles. The lowest BCUT2D eigenvalue weighted by Gasteiger charge is -2.10. The molecule has 3 N–H and O–H groups in total. The van der Waals surface area contributed by atoms with Gasteiger partial charge in [-0.2, -0.15) is 12.4 Å². The van der Waals surface area contributed by atoms with Crippen molar-refractivity contribution >= 4 is 26.9 Å². The summed E-state index contributed by atoms with van der Waals surface area (Å²) in [6.07, 6.45) is 0.929. The van der Waals surface area contributed by atoms with Crippen LogP contribution in [0.5, 0.6) is 0 Å². The van der Waals surface area contributed by atoms with E-state index in [0.29, 0.717) is 9.36 Å². The monoisotopic (exact) mass is 281 g/mol. The molecule has 100 valence electrons. The Morgan fingerprint density at radius 1 is 1.26 bits per heavy atom. The van der Waals surface area contributed by atoms with E-state index in [-0.39, 0.29) is 10.9 Å². The number of hydrogen-bond acceptors (Lipinski definition) is 4. The lowest BCUT2D eigenvalue weighted by Crippen LogP contribution is -2.36. The van der Waals surface area contributed by atoms with E-state index in [1.807, 2.05) is 4.72 Å². The summed E-state index contributed by atoms with van der Waals surface area (Å²) >= 11 is 0. The van der Waals surface area contributed by atoms with Gasteiger partial charge >= 0.3 is 10.2 Å². The minimum atomic E-state index is -4.03. The Morgan fingerprint density at radius 3 is 2.37 bits per heavy atom. The molecule has 0 fully saturated rings. The quantitative estimate of drug-likeness (QED) is 0.783.